The minimum atomic E-state index is -0.947. The van der Waals surface area contributed by atoms with Crippen LogP contribution in [0.5, 0.6) is 23.0 Å². The van der Waals surface area contributed by atoms with E-state index in [1.807, 2.05) is 0 Å². The van der Waals surface area contributed by atoms with Gasteiger partial charge in [0.2, 0.25) is 5.91 Å². The predicted molar refractivity (Wildman–Crippen MR) is 198 cm³/mol. The molecule has 0 aliphatic rings. The van der Waals surface area contributed by atoms with Crippen molar-refractivity contribution >= 4 is 34.2 Å². The second-order valence-electron chi connectivity index (χ2n) is 13.9. The maximum absolute atomic E-state index is 12.9. The van der Waals surface area contributed by atoms with Gasteiger partial charge < -0.3 is 30.3 Å². The molecule has 266 valence electrons. The highest BCUT2D eigenvalue weighted by Crippen LogP contribution is 2.40. The molecule has 4 aromatic rings. The lowest BCUT2D eigenvalue weighted by molar-refractivity contribution is -0.137. The Morgan fingerprint density at radius 3 is 2.12 bits per heavy atom. The summed E-state index contributed by atoms with van der Waals surface area (Å²) in [6, 6.07) is 21.9. The van der Waals surface area contributed by atoms with Crippen molar-refractivity contribution in [2.45, 2.75) is 90.9 Å². The summed E-state index contributed by atoms with van der Waals surface area (Å²) in [5.41, 5.74) is 3.16. The molecule has 0 aromatic heterocycles. The first-order chi connectivity index (χ1) is 23.8. The first-order valence-electron chi connectivity index (χ1n) is 17.4. The molecule has 0 radical (unpaired) electrons. The largest absolute Gasteiger partial charge is 0.506 e. The van der Waals surface area contributed by atoms with Crippen molar-refractivity contribution in [2.75, 3.05) is 18.5 Å². The number of phenolic OH excluding ortho intramolecular Hbond substituents is 1. The second kappa shape index (κ2) is 16.6. The molecule has 0 bridgehead atoms. The smallest absolute Gasteiger partial charge is 0.303 e. The van der Waals surface area contributed by atoms with E-state index in [1.54, 1.807) is 48.5 Å². The Bertz CT molecular complexity index is 1810. The summed E-state index contributed by atoms with van der Waals surface area (Å²) in [5.74, 6) is -0.0947. The fourth-order valence-corrected chi connectivity index (χ4v) is 5.49. The zero-order chi connectivity index (χ0) is 36.5. The Kier molecular flexibility index (Phi) is 12.5. The number of nitrogens with one attached hydrogen (secondary N) is 2. The Balaban J connectivity index is 1.36. The zero-order valence-corrected chi connectivity index (χ0v) is 30.0. The van der Waals surface area contributed by atoms with Crippen LogP contribution >= 0.6 is 0 Å². The number of ether oxygens (including phenoxy) is 2. The first kappa shape index (κ1) is 37.8. The number of rotatable bonds is 17. The van der Waals surface area contributed by atoms with Crippen LogP contribution in [0, 0.1) is 0 Å². The van der Waals surface area contributed by atoms with Crippen LogP contribution in [0.15, 0.2) is 72.8 Å². The second-order valence-corrected chi connectivity index (χ2v) is 13.9. The molecule has 4 aromatic carbocycles. The molecule has 50 heavy (non-hydrogen) atoms. The molecule has 9 heteroatoms. The average Bonchev–Trinajstić information content (AvgIpc) is 3.10. The first-order valence-corrected chi connectivity index (χ1v) is 17.4. The lowest BCUT2D eigenvalue weighted by atomic mass is 9.76. The van der Waals surface area contributed by atoms with Gasteiger partial charge in [-0.3, -0.25) is 14.4 Å². The molecule has 0 atom stereocenters. The molecule has 9 nitrogen and oxygen atoms in total. The molecule has 0 aliphatic carbocycles. The van der Waals surface area contributed by atoms with Gasteiger partial charge in [0.1, 0.15) is 23.0 Å². The van der Waals surface area contributed by atoms with Gasteiger partial charge in [-0.2, -0.15) is 0 Å². The highest BCUT2D eigenvalue weighted by molar-refractivity contribution is 6.06. The van der Waals surface area contributed by atoms with E-state index in [9.17, 15) is 19.5 Å². The number of fused-ring (bicyclic) bond motifs is 1. The molecular formula is C41H50N2O7. The maximum Gasteiger partial charge on any atom is 0.303 e. The summed E-state index contributed by atoms with van der Waals surface area (Å²) in [6.45, 7) is 14.0. The van der Waals surface area contributed by atoms with E-state index in [2.05, 4.69) is 70.4 Å². The molecule has 0 fully saturated rings. The molecule has 0 heterocycles. The minimum Gasteiger partial charge on any atom is -0.506 e. The van der Waals surface area contributed by atoms with Gasteiger partial charge in [-0.1, -0.05) is 77.9 Å². The Hall–Kier alpha value is -5.05. The highest BCUT2D eigenvalue weighted by Gasteiger charge is 2.27. The van der Waals surface area contributed by atoms with Gasteiger partial charge in [-0.25, -0.2) is 0 Å². The molecule has 0 saturated heterocycles. The number of carbonyl (C=O) groups is 3. The van der Waals surface area contributed by atoms with Crippen molar-refractivity contribution in [2.24, 2.45) is 0 Å². The van der Waals surface area contributed by atoms with Crippen LogP contribution in [0.3, 0.4) is 0 Å². The quantitative estimate of drug-likeness (QED) is 0.0816. The Morgan fingerprint density at radius 1 is 0.780 bits per heavy atom. The van der Waals surface area contributed by atoms with E-state index < -0.39 is 11.9 Å². The number of aliphatic carboxylic acids is 1. The highest BCUT2D eigenvalue weighted by atomic mass is 16.5. The lowest BCUT2D eigenvalue weighted by Gasteiger charge is -2.30. The maximum atomic E-state index is 12.9. The van der Waals surface area contributed by atoms with Crippen molar-refractivity contribution in [3.63, 3.8) is 0 Å². The minimum absolute atomic E-state index is 0.0182. The molecule has 0 spiro atoms. The summed E-state index contributed by atoms with van der Waals surface area (Å²) >= 11 is 0. The van der Waals surface area contributed by atoms with Gasteiger partial charge in [0.15, 0.2) is 0 Å². The van der Waals surface area contributed by atoms with Crippen molar-refractivity contribution in [3.8, 4) is 23.0 Å². The van der Waals surface area contributed by atoms with Crippen LogP contribution in [-0.2, 0) is 20.4 Å². The Labute approximate surface area is 295 Å². The monoisotopic (exact) mass is 682 g/mol. The molecule has 0 aliphatic heterocycles. The zero-order valence-electron chi connectivity index (χ0n) is 30.0. The number of carboxylic acid groups (broad SMARTS) is 1. The van der Waals surface area contributed by atoms with Crippen LogP contribution in [0.4, 0.5) is 5.69 Å². The van der Waals surface area contributed by atoms with Crippen LogP contribution in [0.25, 0.3) is 10.8 Å². The number of hydrogen-bond donors (Lipinski definition) is 4. The lowest BCUT2D eigenvalue weighted by Crippen LogP contribution is -2.25. The number of carboxylic acids is 1. The van der Waals surface area contributed by atoms with Gasteiger partial charge in [0.05, 0.1) is 12.2 Å². The van der Waals surface area contributed by atoms with Crippen LogP contribution in [0.2, 0.25) is 0 Å². The number of amides is 2. The molecule has 4 rings (SSSR count). The molecular weight excluding hydrogens is 632 g/mol. The standard InChI is InChI=1S/C41H50N2O7/c1-7-40(3,4)27-17-22-34(33(25-27)41(5,6)8-2)49-24-12-15-36(44)43-28-18-20-29(21-19-28)50-35-26-32(39(48)42-23-11-16-37(45)46)38(47)31-14-10-9-13-30(31)35/h9-10,13-14,17-22,25-26,47H,7-8,11-12,15-16,23-24H2,1-6H3,(H,42,48)(H,43,44)(H,45,46). The SMILES string of the molecule is CCC(C)(C)c1ccc(OCCCC(=O)Nc2ccc(Oc3cc(C(=O)NCCCC(=O)O)c(O)c4ccccc34)cc2)c(C(C)(C)CC)c1. The fraction of sp³-hybridized carbons (Fsp3) is 0.390. The van der Waals surface area contributed by atoms with Gasteiger partial charge in [-0.05, 0) is 78.5 Å². The summed E-state index contributed by atoms with van der Waals surface area (Å²) in [5, 5.41) is 26.3. The van der Waals surface area contributed by atoms with Gasteiger partial charge in [-0.15, -0.1) is 0 Å². The number of hydrogen-bond acceptors (Lipinski definition) is 6. The summed E-state index contributed by atoms with van der Waals surface area (Å²) in [4.78, 5) is 36.4. The van der Waals surface area contributed by atoms with Crippen LogP contribution in [-0.4, -0.2) is 41.1 Å². The van der Waals surface area contributed by atoms with Gasteiger partial charge >= 0.3 is 5.97 Å². The third-order valence-corrected chi connectivity index (χ3v) is 9.51. The van der Waals surface area contributed by atoms with Gasteiger partial charge in [0, 0.05) is 41.4 Å². The fourth-order valence-electron chi connectivity index (χ4n) is 5.49. The molecule has 0 unspecified atom stereocenters. The summed E-state index contributed by atoms with van der Waals surface area (Å²) < 4.78 is 12.4. The van der Waals surface area contributed by atoms with E-state index in [4.69, 9.17) is 14.6 Å². The van der Waals surface area contributed by atoms with E-state index in [0.29, 0.717) is 47.4 Å². The molecule has 0 saturated carbocycles. The van der Waals surface area contributed by atoms with Crippen molar-refractivity contribution in [1.29, 1.82) is 0 Å². The van der Waals surface area contributed by atoms with Gasteiger partial charge in [0.25, 0.3) is 5.91 Å². The number of aromatic hydroxyl groups is 1. The Morgan fingerprint density at radius 2 is 1.46 bits per heavy atom. The predicted octanol–water partition coefficient (Wildman–Crippen LogP) is 9.11. The third-order valence-electron chi connectivity index (χ3n) is 9.51. The van der Waals surface area contributed by atoms with Crippen molar-refractivity contribution in [3.05, 3.63) is 89.5 Å². The average molecular weight is 683 g/mol. The number of phenols is 1. The summed E-state index contributed by atoms with van der Waals surface area (Å²) in [7, 11) is 0. The van der Waals surface area contributed by atoms with Crippen molar-refractivity contribution in [1.82, 2.24) is 5.32 Å². The van der Waals surface area contributed by atoms with Crippen molar-refractivity contribution < 1.29 is 34.1 Å². The number of anilines is 1. The number of carbonyl (C=O) groups excluding carboxylic acids is 2. The van der Waals surface area contributed by atoms with Crippen LogP contribution in [0.1, 0.15) is 102 Å². The topological polar surface area (TPSA) is 134 Å². The summed E-state index contributed by atoms with van der Waals surface area (Å²) in [6.07, 6.45) is 3.07. The van der Waals surface area contributed by atoms with E-state index >= 15 is 0 Å². The van der Waals surface area contributed by atoms with E-state index in [1.165, 1.54) is 17.2 Å². The molecule has 4 N–H and O–H groups in total. The number of benzene rings is 4. The third kappa shape index (κ3) is 9.55. The normalized spacial score (nSPS) is 11.6. The van der Waals surface area contributed by atoms with Crippen LogP contribution < -0.4 is 20.1 Å². The molecule has 2 amide bonds. The van der Waals surface area contributed by atoms with E-state index in [-0.39, 0.29) is 47.4 Å². The van der Waals surface area contributed by atoms with E-state index in [0.717, 1.165) is 18.6 Å².